The van der Waals surface area contributed by atoms with Crippen LogP contribution in [0, 0.1) is 13.8 Å². The summed E-state index contributed by atoms with van der Waals surface area (Å²) in [7, 11) is 0. The topological polar surface area (TPSA) is 56.3 Å². The average Bonchev–Trinajstić information content (AvgIpc) is 2.37. The number of aromatic nitrogens is 2. The average molecular weight is 294 g/mol. The van der Waals surface area contributed by atoms with Crippen molar-refractivity contribution in [2.45, 2.75) is 13.8 Å². The summed E-state index contributed by atoms with van der Waals surface area (Å²) < 4.78 is 11.0. The third-order valence-electron chi connectivity index (χ3n) is 2.78. The first-order valence-corrected chi connectivity index (χ1v) is 6.20. The molecule has 6 heteroatoms. The largest absolute Gasteiger partial charge is 0.486 e. The Morgan fingerprint density at radius 2 is 1.60 bits per heavy atom. The molecule has 0 saturated carbocycles. The molecule has 5 nitrogen and oxygen atoms in total. The molecule has 0 bridgehead atoms. The van der Waals surface area contributed by atoms with E-state index in [0.29, 0.717) is 19.2 Å². The smallest absolute Gasteiger partial charge is 0.227 e. The minimum absolute atomic E-state index is 0. The molecule has 1 aliphatic heterocycles. The summed E-state index contributed by atoms with van der Waals surface area (Å²) in [5, 5.41) is 3.18. The molecule has 0 amide bonds. The third kappa shape index (κ3) is 3.11. The van der Waals surface area contributed by atoms with Crippen LogP contribution < -0.4 is 14.8 Å². The van der Waals surface area contributed by atoms with Gasteiger partial charge in [0.05, 0.1) is 0 Å². The van der Waals surface area contributed by atoms with E-state index in [9.17, 15) is 0 Å². The van der Waals surface area contributed by atoms with Crippen molar-refractivity contribution < 1.29 is 9.47 Å². The van der Waals surface area contributed by atoms with Gasteiger partial charge < -0.3 is 14.8 Å². The lowest BCUT2D eigenvalue weighted by atomic mass is 10.2. The fourth-order valence-corrected chi connectivity index (χ4v) is 2.03. The zero-order valence-electron chi connectivity index (χ0n) is 11.3. The van der Waals surface area contributed by atoms with Gasteiger partial charge in [-0.3, -0.25) is 0 Å². The number of hydrogen-bond donors (Lipinski definition) is 1. The van der Waals surface area contributed by atoms with E-state index in [2.05, 4.69) is 15.3 Å². The van der Waals surface area contributed by atoms with Gasteiger partial charge in [-0.2, -0.15) is 0 Å². The van der Waals surface area contributed by atoms with Crippen LogP contribution in [0.15, 0.2) is 24.3 Å². The van der Waals surface area contributed by atoms with E-state index in [-0.39, 0.29) is 12.4 Å². The SMILES string of the molecule is Cc1cc(C)nc(Nc2ccc3c(c2)OCCO3)n1.Cl. The van der Waals surface area contributed by atoms with E-state index in [1.165, 1.54) is 0 Å². The number of nitrogens with zero attached hydrogens (tertiary/aromatic N) is 2. The maximum Gasteiger partial charge on any atom is 0.227 e. The van der Waals surface area contributed by atoms with Crippen LogP contribution >= 0.6 is 12.4 Å². The molecule has 1 aromatic carbocycles. The number of ether oxygens (including phenoxy) is 2. The normalized spacial score (nSPS) is 12.5. The first-order chi connectivity index (χ1) is 9.20. The summed E-state index contributed by atoms with van der Waals surface area (Å²) >= 11 is 0. The number of hydrogen-bond acceptors (Lipinski definition) is 5. The Bertz CT molecular complexity index is 599. The number of rotatable bonds is 2. The molecule has 0 fully saturated rings. The fraction of sp³-hybridized carbons (Fsp3) is 0.286. The van der Waals surface area contributed by atoms with E-state index in [4.69, 9.17) is 9.47 Å². The van der Waals surface area contributed by atoms with E-state index in [1.807, 2.05) is 38.1 Å². The number of anilines is 2. The van der Waals surface area contributed by atoms with Crippen molar-refractivity contribution in [2.24, 2.45) is 0 Å². The van der Waals surface area contributed by atoms with Gasteiger partial charge in [0.1, 0.15) is 13.2 Å². The van der Waals surface area contributed by atoms with Gasteiger partial charge in [-0.1, -0.05) is 0 Å². The second kappa shape index (κ2) is 5.96. The molecule has 20 heavy (non-hydrogen) atoms. The van der Waals surface area contributed by atoms with E-state index >= 15 is 0 Å². The monoisotopic (exact) mass is 293 g/mol. The van der Waals surface area contributed by atoms with Gasteiger partial charge in [-0.15, -0.1) is 12.4 Å². The predicted octanol–water partition coefficient (Wildman–Crippen LogP) is 3.03. The molecule has 0 aliphatic carbocycles. The minimum atomic E-state index is 0. The van der Waals surface area contributed by atoms with Gasteiger partial charge in [0, 0.05) is 23.1 Å². The molecule has 1 aromatic heterocycles. The van der Waals surface area contributed by atoms with Crippen LogP contribution in [-0.4, -0.2) is 23.2 Å². The summed E-state index contributed by atoms with van der Waals surface area (Å²) in [6.07, 6.45) is 0. The van der Waals surface area contributed by atoms with E-state index in [0.717, 1.165) is 28.6 Å². The number of benzene rings is 1. The molecule has 0 radical (unpaired) electrons. The molecule has 1 N–H and O–H groups in total. The highest BCUT2D eigenvalue weighted by molar-refractivity contribution is 5.85. The maximum absolute atomic E-state index is 5.54. The lowest BCUT2D eigenvalue weighted by molar-refractivity contribution is 0.171. The number of fused-ring (bicyclic) bond motifs is 1. The van der Waals surface area contributed by atoms with Crippen molar-refractivity contribution in [3.8, 4) is 11.5 Å². The zero-order chi connectivity index (χ0) is 13.2. The molecule has 1 aliphatic rings. The van der Waals surface area contributed by atoms with Gasteiger partial charge >= 0.3 is 0 Å². The van der Waals surface area contributed by atoms with Gasteiger partial charge in [0.15, 0.2) is 11.5 Å². The number of nitrogens with one attached hydrogen (secondary N) is 1. The van der Waals surface area contributed by atoms with Crippen LogP contribution in [0.5, 0.6) is 11.5 Å². The van der Waals surface area contributed by atoms with Crippen molar-refractivity contribution in [3.63, 3.8) is 0 Å². The molecular formula is C14H16ClN3O2. The first kappa shape index (κ1) is 14.4. The predicted molar refractivity (Wildman–Crippen MR) is 79.5 cm³/mol. The van der Waals surface area contributed by atoms with E-state index < -0.39 is 0 Å². The fourth-order valence-electron chi connectivity index (χ4n) is 2.03. The van der Waals surface area contributed by atoms with Crippen LogP contribution in [0.3, 0.4) is 0 Å². The van der Waals surface area contributed by atoms with Gasteiger partial charge in [0.25, 0.3) is 0 Å². The molecular weight excluding hydrogens is 278 g/mol. The Hall–Kier alpha value is -2.01. The molecule has 2 aromatic rings. The Morgan fingerprint density at radius 1 is 0.950 bits per heavy atom. The minimum Gasteiger partial charge on any atom is -0.486 e. The highest BCUT2D eigenvalue weighted by Gasteiger charge is 2.12. The van der Waals surface area contributed by atoms with Gasteiger partial charge in [0.2, 0.25) is 5.95 Å². The molecule has 0 atom stereocenters. The standard InChI is InChI=1S/C14H15N3O2.ClH/c1-9-7-10(2)16-14(15-9)17-11-3-4-12-13(8-11)19-6-5-18-12;/h3-4,7-8H,5-6H2,1-2H3,(H,15,16,17);1H. The second-order valence-electron chi connectivity index (χ2n) is 4.46. The summed E-state index contributed by atoms with van der Waals surface area (Å²) in [5.74, 6) is 2.12. The highest BCUT2D eigenvalue weighted by Crippen LogP contribution is 2.33. The zero-order valence-corrected chi connectivity index (χ0v) is 12.2. The summed E-state index contributed by atoms with van der Waals surface area (Å²) in [6, 6.07) is 7.65. The van der Waals surface area contributed by atoms with Crippen molar-refractivity contribution in [3.05, 3.63) is 35.7 Å². The van der Waals surface area contributed by atoms with Crippen LogP contribution in [0.4, 0.5) is 11.6 Å². The lowest BCUT2D eigenvalue weighted by Crippen LogP contribution is -2.15. The quantitative estimate of drug-likeness (QED) is 0.922. The third-order valence-corrected chi connectivity index (χ3v) is 2.78. The Kier molecular flexibility index (Phi) is 4.29. The van der Waals surface area contributed by atoms with Crippen LogP contribution in [0.2, 0.25) is 0 Å². The summed E-state index contributed by atoms with van der Waals surface area (Å²) in [4.78, 5) is 8.69. The Balaban J connectivity index is 0.00000147. The molecule has 3 rings (SSSR count). The van der Waals surface area contributed by atoms with Crippen molar-refractivity contribution in [1.29, 1.82) is 0 Å². The molecule has 0 unspecified atom stereocenters. The van der Waals surface area contributed by atoms with E-state index in [1.54, 1.807) is 0 Å². The lowest BCUT2D eigenvalue weighted by Gasteiger charge is -2.19. The number of halogens is 1. The molecule has 106 valence electrons. The van der Waals surface area contributed by atoms with Crippen LogP contribution in [0.1, 0.15) is 11.4 Å². The molecule has 0 saturated heterocycles. The van der Waals surface area contributed by atoms with Crippen molar-refractivity contribution in [1.82, 2.24) is 9.97 Å². The Morgan fingerprint density at radius 3 is 2.30 bits per heavy atom. The summed E-state index contributed by atoms with van der Waals surface area (Å²) in [5.41, 5.74) is 2.76. The maximum atomic E-state index is 5.54. The van der Waals surface area contributed by atoms with Crippen molar-refractivity contribution in [2.75, 3.05) is 18.5 Å². The van der Waals surface area contributed by atoms with Crippen LogP contribution in [-0.2, 0) is 0 Å². The molecule has 2 heterocycles. The highest BCUT2D eigenvalue weighted by atomic mass is 35.5. The second-order valence-corrected chi connectivity index (χ2v) is 4.46. The van der Waals surface area contributed by atoms with Gasteiger partial charge in [-0.25, -0.2) is 9.97 Å². The van der Waals surface area contributed by atoms with Gasteiger partial charge in [-0.05, 0) is 32.0 Å². The summed E-state index contributed by atoms with van der Waals surface area (Å²) in [6.45, 7) is 5.07. The first-order valence-electron chi connectivity index (χ1n) is 6.20. The van der Waals surface area contributed by atoms with Crippen molar-refractivity contribution >= 4 is 24.0 Å². The van der Waals surface area contributed by atoms with Crippen LogP contribution in [0.25, 0.3) is 0 Å². The Labute approximate surface area is 123 Å². The number of aryl methyl sites for hydroxylation is 2. The molecule has 0 spiro atoms.